The summed E-state index contributed by atoms with van der Waals surface area (Å²) in [6.07, 6.45) is 0.551. The molecular weight excluding hydrogens is 306 g/mol. The Morgan fingerprint density at radius 2 is 1.77 bits per heavy atom. The summed E-state index contributed by atoms with van der Waals surface area (Å²) < 4.78 is 30.9. The molecule has 22 heavy (non-hydrogen) atoms. The van der Waals surface area contributed by atoms with Crippen molar-refractivity contribution in [3.05, 3.63) is 35.9 Å². The number of rotatable bonds is 3. The van der Waals surface area contributed by atoms with Crippen molar-refractivity contribution in [2.24, 2.45) is 0 Å². The van der Waals surface area contributed by atoms with E-state index < -0.39 is 15.0 Å². The van der Waals surface area contributed by atoms with E-state index in [4.69, 9.17) is 4.55 Å². The SMILES string of the molecule is CNC(C)C.O=Cc1cccc2c(O)cc(S(=O)(=O)O)cc12. The lowest BCUT2D eigenvalue weighted by atomic mass is 10.0. The number of benzene rings is 2. The summed E-state index contributed by atoms with van der Waals surface area (Å²) in [5, 5.41) is 13.3. The third kappa shape index (κ3) is 4.52. The van der Waals surface area contributed by atoms with Gasteiger partial charge in [0.2, 0.25) is 0 Å². The Labute approximate surface area is 129 Å². The van der Waals surface area contributed by atoms with Crippen LogP contribution in [0.5, 0.6) is 5.75 Å². The fourth-order valence-electron chi connectivity index (χ4n) is 1.62. The highest BCUT2D eigenvalue weighted by molar-refractivity contribution is 7.85. The van der Waals surface area contributed by atoms with Crippen LogP contribution >= 0.6 is 0 Å². The van der Waals surface area contributed by atoms with Gasteiger partial charge in [-0.15, -0.1) is 0 Å². The molecule has 0 heterocycles. The van der Waals surface area contributed by atoms with Gasteiger partial charge >= 0.3 is 0 Å². The number of nitrogens with one attached hydrogen (secondary N) is 1. The molecule has 0 unspecified atom stereocenters. The topological polar surface area (TPSA) is 104 Å². The monoisotopic (exact) mass is 325 g/mol. The summed E-state index contributed by atoms with van der Waals surface area (Å²) in [6, 6.07) is 7.32. The molecule has 2 rings (SSSR count). The van der Waals surface area contributed by atoms with Crippen LogP contribution < -0.4 is 5.32 Å². The number of phenols is 1. The lowest BCUT2D eigenvalue weighted by Crippen LogP contribution is -2.15. The molecule has 6 nitrogen and oxygen atoms in total. The van der Waals surface area contributed by atoms with Crippen LogP contribution in [0.15, 0.2) is 35.2 Å². The van der Waals surface area contributed by atoms with Crippen LogP contribution in [0.2, 0.25) is 0 Å². The zero-order valence-electron chi connectivity index (χ0n) is 12.6. The molecule has 3 N–H and O–H groups in total. The fraction of sp³-hybridized carbons (Fsp3) is 0.267. The first-order chi connectivity index (χ1) is 10.2. The average Bonchev–Trinajstić information content (AvgIpc) is 2.46. The zero-order chi connectivity index (χ0) is 16.9. The van der Waals surface area contributed by atoms with Crippen molar-refractivity contribution in [2.45, 2.75) is 24.8 Å². The largest absolute Gasteiger partial charge is 0.507 e. The molecule has 7 heteroatoms. The normalized spacial score (nSPS) is 11.1. The van der Waals surface area contributed by atoms with E-state index in [-0.39, 0.29) is 16.7 Å². The second kappa shape index (κ2) is 7.35. The second-order valence-electron chi connectivity index (χ2n) is 4.92. The minimum Gasteiger partial charge on any atom is -0.507 e. The van der Waals surface area contributed by atoms with Gasteiger partial charge in [0.25, 0.3) is 10.1 Å². The average molecular weight is 325 g/mol. The smallest absolute Gasteiger partial charge is 0.294 e. The molecule has 0 aliphatic rings. The molecule has 0 atom stereocenters. The number of carbonyl (C=O) groups is 1. The van der Waals surface area contributed by atoms with Crippen molar-refractivity contribution in [1.82, 2.24) is 5.32 Å². The Kier molecular flexibility index (Phi) is 6.04. The third-order valence-corrected chi connectivity index (χ3v) is 3.81. The van der Waals surface area contributed by atoms with Crippen LogP contribution in [-0.4, -0.2) is 37.5 Å². The number of hydrogen-bond acceptors (Lipinski definition) is 5. The van der Waals surface area contributed by atoms with Crippen LogP contribution in [0.3, 0.4) is 0 Å². The Bertz CT molecular complexity index is 769. The Hall–Kier alpha value is -1.96. The van der Waals surface area contributed by atoms with Crippen molar-refractivity contribution in [3.8, 4) is 5.75 Å². The number of phenolic OH excluding ortho intramolecular Hbond substituents is 1. The molecule has 120 valence electrons. The number of hydrogen-bond donors (Lipinski definition) is 3. The van der Waals surface area contributed by atoms with Gasteiger partial charge in [0.1, 0.15) is 5.75 Å². The highest BCUT2D eigenvalue weighted by atomic mass is 32.2. The van der Waals surface area contributed by atoms with Crippen molar-refractivity contribution in [3.63, 3.8) is 0 Å². The van der Waals surface area contributed by atoms with E-state index in [1.807, 2.05) is 7.05 Å². The van der Waals surface area contributed by atoms with Gasteiger partial charge in [0.05, 0.1) is 4.90 Å². The van der Waals surface area contributed by atoms with Gasteiger partial charge in [0.15, 0.2) is 6.29 Å². The lowest BCUT2D eigenvalue weighted by Gasteiger charge is -2.05. The molecule has 2 aromatic rings. The Morgan fingerprint density at radius 3 is 2.23 bits per heavy atom. The summed E-state index contributed by atoms with van der Waals surface area (Å²) in [5.41, 5.74) is 0.239. The molecule has 0 amide bonds. The highest BCUT2D eigenvalue weighted by Crippen LogP contribution is 2.30. The second-order valence-corrected chi connectivity index (χ2v) is 6.34. The van der Waals surface area contributed by atoms with Crippen LogP contribution in [0.25, 0.3) is 10.8 Å². The summed E-state index contributed by atoms with van der Waals surface area (Å²) >= 11 is 0. The molecule has 0 fully saturated rings. The maximum absolute atomic E-state index is 11.0. The van der Waals surface area contributed by atoms with Gasteiger partial charge in [-0.05, 0) is 18.5 Å². The quantitative estimate of drug-likeness (QED) is 0.590. The maximum Gasteiger partial charge on any atom is 0.294 e. The van der Waals surface area contributed by atoms with Crippen LogP contribution in [-0.2, 0) is 10.1 Å². The first kappa shape index (κ1) is 18.1. The molecule has 0 aliphatic carbocycles. The number of aromatic hydroxyl groups is 1. The van der Waals surface area contributed by atoms with Gasteiger partial charge in [0, 0.05) is 23.1 Å². The zero-order valence-corrected chi connectivity index (χ0v) is 13.4. The van der Waals surface area contributed by atoms with Crippen molar-refractivity contribution in [2.75, 3.05) is 7.05 Å². The van der Waals surface area contributed by atoms with Gasteiger partial charge in [-0.3, -0.25) is 9.35 Å². The van der Waals surface area contributed by atoms with E-state index in [1.165, 1.54) is 6.07 Å². The molecule has 0 bridgehead atoms. The lowest BCUT2D eigenvalue weighted by molar-refractivity contribution is 0.112. The van der Waals surface area contributed by atoms with Gasteiger partial charge in [-0.25, -0.2) is 0 Å². The molecule has 0 aromatic heterocycles. The van der Waals surface area contributed by atoms with E-state index in [0.717, 1.165) is 12.1 Å². The van der Waals surface area contributed by atoms with Crippen molar-refractivity contribution >= 4 is 27.2 Å². The van der Waals surface area contributed by atoms with Crippen LogP contribution in [0.4, 0.5) is 0 Å². The highest BCUT2D eigenvalue weighted by Gasteiger charge is 2.14. The van der Waals surface area contributed by atoms with Gasteiger partial charge < -0.3 is 10.4 Å². The van der Waals surface area contributed by atoms with E-state index in [0.29, 0.717) is 17.7 Å². The summed E-state index contributed by atoms with van der Waals surface area (Å²) in [5.74, 6) is -0.307. The molecule has 0 spiro atoms. The van der Waals surface area contributed by atoms with Gasteiger partial charge in [-0.1, -0.05) is 32.0 Å². The van der Waals surface area contributed by atoms with Crippen molar-refractivity contribution < 1.29 is 22.9 Å². The molecular formula is C15H19NO5S. The predicted octanol–water partition coefficient (Wildman–Crippen LogP) is 2.22. The molecule has 0 saturated heterocycles. The summed E-state index contributed by atoms with van der Waals surface area (Å²) in [7, 11) is -2.47. The molecule has 0 radical (unpaired) electrons. The first-order valence-corrected chi connectivity index (χ1v) is 8.00. The summed E-state index contributed by atoms with van der Waals surface area (Å²) in [4.78, 5) is 10.4. The molecule has 2 aromatic carbocycles. The Morgan fingerprint density at radius 1 is 1.18 bits per heavy atom. The minimum absolute atomic E-state index is 0.239. The summed E-state index contributed by atoms with van der Waals surface area (Å²) in [6.45, 7) is 4.22. The number of carbonyl (C=O) groups excluding carboxylic acids is 1. The maximum atomic E-state index is 11.0. The van der Waals surface area contributed by atoms with E-state index >= 15 is 0 Å². The van der Waals surface area contributed by atoms with Crippen LogP contribution in [0, 0.1) is 0 Å². The number of aldehydes is 1. The van der Waals surface area contributed by atoms with Gasteiger partial charge in [-0.2, -0.15) is 8.42 Å². The van der Waals surface area contributed by atoms with E-state index in [1.54, 1.807) is 12.1 Å². The van der Waals surface area contributed by atoms with Crippen molar-refractivity contribution in [1.29, 1.82) is 0 Å². The first-order valence-electron chi connectivity index (χ1n) is 6.56. The minimum atomic E-state index is -4.42. The van der Waals surface area contributed by atoms with Crippen LogP contribution in [0.1, 0.15) is 24.2 Å². The molecule has 0 saturated carbocycles. The Balaban J connectivity index is 0.000000422. The molecule has 0 aliphatic heterocycles. The van der Waals surface area contributed by atoms with E-state index in [9.17, 15) is 18.3 Å². The van der Waals surface area contributed by atoms with E-state index in [2.05, 4.69) is 19.2 Å². The standard InChI is InChI=1S/C11H8O5S.C4H11N/c12-6-7-2-1-3-9-10(7)4-8(5-11(9)13)17(14,15)16;1-4(2)5-3/h1-6,13H,(H,14,15,16);4-5H,1-3H3. The number of fused-ring (bicyclic) bond motifs is 1. The predicted molar refractivity (Wildman–Crippen MR) is 85.0 cm³/mol. The third-order valence-electron chi connectivity index (χ3n) is 2.98. The fourth-order valence-corrected chi connectivity index (χ4v) is 2.14.